The largest absolute Gasteiger partial charge is 0.324 e. The lowest BCUT2D eigenvalue weighted by atomic mass is 10.0. The second-order valence-electron chi connectivity index (χ2n) is 8.58. The standard InChI is InChI=1S/C26H28N6O/c1-19-5-2-3-8-24(19)29-26(33)30-25-10-14-28-32(25)22-11-15-31(16-12-22)18-21-7-4-6-20-17-27-13-9-23(20)21/h2-10,13-14,17,22H,11-12,15-16,18H2,1H3,(H2,29,30,33). The molecule has 1 saturated heterocycles. The van der Waals surface area contributed by atoms with Crippen LogP contribution in [0.4, 0.5) is 16.3 Å². The van der Waals surface area contributed by atoms with Crippen LogP contribution >= 0.6 is 0 Å². The van der Waals surface area contributed by atoms with Crippen LogP contribution in [0.5, 0.6) is 0 Å². The predicted molar refractivity (Wildman–Crippen MR) is 131 cm³/mol. The van der Waals surface area contributed by atoms with Crippen molar-refractivity contribution in [1.82, 2.24) is 19.7 Å². The zero-order valence-electron chi connectivity index (χ0n) is 18.7. The number of likely N-dealkylation sites (tertiary alicyclic amines) is 1. The van der Waals surface area contributed by atoms with Gasteiger partial charge in [-0.3, -0.25) is 15.2 Å². The highest BCUT2D eigenvalue weighted by molar-refractivity contribution is 5.99. The number of rotatable bonds is 5. The zero-order chi connectivity index (χ0) is 22.6. The molecule has 2 N–H and O–H groups in total. The van der Waals surface area contributed by atoms with Gasteiger partial charge in [0.1, 0.15) is 5.82 Å². The first-order valence-electron chi connectivity index (χ1n) is 11.4. The van der Waals surface area contributed by atoms with E-state index < -0.39 is 0 Å². The van der Waals surface area contributed by atoms with Gasteiger partial charge in [-0.25, -0.2) is 9.48 Å². The van der Waals surface area contributed by atoms with Crippen LogP contribution in [0.25, 0.3) is 10.8 Å². The summed E-state index contributed by atoms with van der Waals surface area (Å²) in [6.45, 7) is 4.88. The summed E-state index contributed by atoms with van der Waals surface area (Å²) in [5.74, 6) is 0.723. The Morgan fingerprint density at radius 1 is 1.00 bits per heavy atom. The van der Waals surface area contributed by atoms with Crippen LogP contribution in [-0.2, 0) is 6.54 Å². The second kappa shape index (κ2) is 9.42. The van der Waals surface area contributed by atoms with Crippen LogP contribution in [-0.4, -0.2) is 38.8 Å². The third-order valence-corrected chi connectivity index (χ3v) is 6.37. The van der Waals surface area contributed by atoms with E-state index in [1.54, 1.807) is 6.20 Å². The third-order valence-electron chi connectivity index (χ3n) is 6.37. The van der Waals surface area contributed by atoms with Gasteiger partial charge in [-0.15, -0.1) is 0 Å². The van der Waals surface area contributed by atoms with Gasteiger partial charge >= 0.3 is 6.03 Å². The van der Waals surface area contributed by atoms with E-state index in [0.717, 1.165) is 49.5 Å². The first kappa shape index (κ1) is 21.2. The molecule has 0 unspecified atom stereocenters. The van der Waals surface area contributed by atoms with E-state index in [1.807, 2.05) is 54.3 Å². The number of aromatic nitrogens is 3. The van der Waals surface area contributed by atoms with Gasteiger partial charge in [0.25, 0.3) is 0 Å². The third kappa shape index (κ3) is 4.73. The summed E-state index contributed by atoms with van der Waals surface area (Å²) in [6.07, 6.45) is 7.51. The zero-order valence-corrected chi connectivity index (χ0v) is 18.7. The molecular weight excluding hydrogens is 412 g/mol. The van der Waals surface area contributed by atoms with Crippen molar-refractivity contribution in [2.24, 2.45) is 0 Å². The Balaban J connectivity index is 1.20. The number of hydrogen-bond acceptors (Lipinski definition) is 4. The molecule has 5 rings (SSSR count). The van der Waals surface area contributed by atoms with E-state index in [-0.39, 0.29) is 12.1 Å². The summed E-state index contributed by atoms with van der Waals surface area (Å²) < 4.78 is 1.96. The maximum Gasteiger partial charge on any atom is 0.324 e. The van der Waals surface area contributed by atoms with Crippen molar-refractivity contribution in [2.75, 3.05) is 23.7 Å². The molecule has 2 aromatic carbocycles. The van der Waals surface area contributed by atoms with Crippen LogP contribution in [0, 0.1) is 6.92 Å². The van der Waals surface area contributed by atoms with Crippen molar-refractivity contribution in [1.29, 1.82) is 0 Å². The number of para-hydroxylation sites is 1. The molecule has 0 spiro atoms. The number of pyridine rings is 1. The summed E-state index contributed by atoms with van der Waals surface area (Å²) in [5, 5.41) is 12.9. The number of nitrogens with zero attached hydrogens (tertiary/aromatic N) is 4. The lowest BCUT2D eigenvalue weighted by molar-refractivity contribution is 0.175. The van der Waals surface area contributed by atoms with E-state index in [9.17, 15) is 4.79 Å². The van der Waals surface area contributed by atoms with Gasteiger partial charge in [-0.1, -0.05) is 36.4 Å². The Hall–Kier alpha value is -3.71. The number of aryl methyl sites for hydroxylation is 1. The monoisotopic (exact) mass is 440 g/mol. The summed E-state index contributed by atoms with van der Waals surface area (Å²) >= 11 is 0. The normalized spacial score (nSPS) is 14.9. The van der Waals surface area contributed by atoms with Crippen LogP contribution in [0.3, 0.4) is 0 Å². The van der Waals surface area contributed by atoms with Gasteiger partial charge in [-0.2, -0.15) is 5.10 Å². The molecule has 7 heteroatoms. The van der Waals surface area contributed by atoms with E-state index in [1.165, 1.54) is 16.3 Å². The number of amides is 2. The molecule has 0 radical (unpaired) electrons. The Labute approximate surface area is 193 Å². The summed E-state index contributed by atoms with van der Waals surface area (Å²) in [7, 11) is 0. The number of piperidine rings is 1. The average molecular weight is 441 g/mol. The molecule has 0 saturated carbocycles. The fraction of sp³-hybridized carbons (Fsp3) is 0.269. The molecule has 7 nitrogen and oxygen atoms in total. The Bertz CT molecular complexity index is 1250. The minimum absolute atomic E-state index is 0.256. The number of carbonyl (C=O) groups excluding carboxylic acids is 1. The number of carbonyl (C=O) groups is 1. The lowest BCUT2D eigenvalue weighted by Gasteiger charge is -2.33. The maximum absolute atomic E-state index is 12.6. The summed E-state index contributed by atoms with van der Waals surface area (Å²) in [5.41, 5.74) is 3.16. The van der Waals surface area contributed by atoms with Crippen LogP contribution < -0.4 is 10.6 Å². The van der Waals surface area contributed by atoms with E-state index in [0.29, 0.717) is 0 Å². The summed E-state index contributed by atoms with van der Waals surface area (Å²) in [4.78, 5) is 19.3. The highest BCUT2D eigenvalue weighted by Gasteiger charge is 2.23. The molecule has 1 aliphatic heterocycles. The van der Waals surface area contributed by atoms with Crippen LogP contribution in [0.1, 0.15) is 30.0 Å². The highest BCUT2D eigenvalue weighted by Crippen LogP contribution is 2.27. The van der Waals surface area contributed by atoms with Crippen LogP contribution in [0.2, 0.25) is 0 Å². The van der Waals surface area contributed by atoms with Crippen molar-refractivity contribution < 1.29 is 4.79 Å². The van der Waals surface area contributed by atoms with Gasteiger partial charge in [0.05, 0.1) is 12.2 Å². The van der Waals surface area contributed by atoms with E-state index in [4.69, 9.17) is 0 Å². The predicted octanol–water partition coefficient (Wildman–Crippen LogP) is 5.22. The van der Waals surface area contributed by atoms with Crippen molar-refractivity contribution in [3.05, 3.63) is 84.3 Å². The van der Waals surface area contributed by atoms with Crippen LogP contribution in [0.15, 0.2) is 73.2 Å². The Kier molecular flexibility index (Phi) is 6.04. The minimum Gasteiger partial charge on any atom is -0.307 e. The molecular formula is C26H28N6O. The lowest BCUT2D eigenvalue weighted by Crippen LogP contribution is -2.35. The smallest absolute Gasteiger partial charge is 0.307 e. The summed E-state index contributed by atoms with van der Waals surface area (Å²) in [6, 6.07) is 18.1. The van der Waals surface area contributed by atoms with Gasteiger partial charge in [0.2, 0.25) is 0 Å². The molecule has 0 aliphatic carbocycles. The quantitative estimate of drug-likeness (QED) is 0.446. The molecule has 33 heavy (non-hydrogen) atoms. The molecule has 3 heterocycles. The number of urea groups is 1. The van der Waals surface area contributed by atoms with Gasteiger partial charge < -0.3 is 5.32 Å². The SMILES string of the molecule is Cc1ccccc1NC(=O)Nc1ccnn1C1CCN(Cc2cccc3cnccc23)CC1. The fourth-order valence-corrected chi connectivity index (χ4v) is 4.58. The average Bonchev–Trinajstić information content (AvgIpc) is 3.29. The minimum atomic E-state index is -0.256. The topological polar surface area (TPSA) is 75.1 Å². The van der Waals surface area contributed by atoms with E-state index >= 15 is 0 Å². The first-order valence-corrected chi connectivity index (χ1v) is 11.4. The van der Waals surface area contributed by atoms with Gasteiger partial charge in [0.15, 0.2) is 0 Å². The van der Waals surface area contributed by atoms with E-state index in [2.05, 4.69) is 49.9 Å². The fourth-order valence-electron chi connectivity index (χ4n) is 4.58. The van der Waals surface area contributed by atoms with Crippen molar-refractivity contribution in [3.63, 3.8) is 0 Å². The molecule has 168 valence electrons. The maximum atomic E-state index is 12.6. The first-order chi connectivity index (χ1) is 16.2. The second-order valence-corrected chi connectivity index (χ2v) is 8.58. The van der Waals surface area contributed by atoms with Crippen molar-refractivity contribution >= 4 is 28.3 Å². The van der Waals surface area contributed by atoms with Crippen molar-refractivity contribution in [2.45, 2.75) is 32.4 Å². The van der Waals surface area contributed by atoms with Crippen molar-refractivity contribution in [3.8, 4) is 0 Å². The molecule has 0 bridgehead atoms. The number of anilines is 2. The highest BCUT2D eigenvalue weighted by atomic mass is 16.2. The number of benzene rings is 2. The molecule has 1 aliphatic rings. The number of fused-ring (bicyclic) bond motifs is 1. The molecule has 2 aromatic heterocycles. The number of hydrogen-bond donors (Lipinski definition) is 2. The molecule has 2 amide bonds. The Morgan fingerprint density at radius 3 is 2.70 bits per heavy atom. The van der Waals surface area contributed by atoms with Gasteiger partial charge in [-0.05, 0) is 48.4 Å². The molecule has 0 atom stereocenters. The molecule has 1 fully saturated rings. The van der Waals surface area contributed by atoms with Gasteiger partial charge in [0, 0.05) is 49.2 Å². The molecule has 4 aromatic rings. The number of nitrogens with one attached hydrogen (secondary N) is 2. The Morgan fingerprint density at radius 2 is 1.85 bits per heavy atom.